The van der Waals surface area contributed by atoms with Crippen LogP contribution in [0.4, 0.5) is 8.78 Å². The molecule has 18 heavy (non-hydrogen) atoms. The quantitative estimate of drug-likeness (QED) is 0.763. The first-order chi connectivity index (χ1) is 8.58. The fourth-order valence-corrected chi connectivity index (χ4v) is 1.82. The van der Waals surface area contributed by atoms with E-state index in [1.54, 1.807) is 0 Å². The highest BCUT2D eigenvalue weighted by Crippen LogP contribution is 2.18. The normalized spacial score (nSPS) is 16.6. The van der Waals surface area contributed by atoms with E-state index in [2.05, 4.69) is 0 Å². The molecule has 0 unspecified atom stereocenters. The van der Waals surface area contributed by atoms with Crippen LogP contribution in [0, 0.1) is 18.6 Å². The van der Waals surface area contributed by atoms with Crippen molar-refractivity contribution in [2.24, 2.45) is 0 Å². The molecular weight excluding hydrogens is 242 g/mol. The highest BCUT2D eigenvalue weighted by atomic mass is 19.1. The van der Waals surface area contributed by atoms with E-state index in [1.165, 1.54) is 13.0 Å². The molecule has 1 saturated heterocycles. The molecule has 1 aliphatic heterocycles. The number of carbonyl (C=O) groups is 1. The van der Waals surface area contributed by atoms with Crippen LogP contribution in [-0.2, 0) is 9.47 Å². The maximum absolute atomic E-state index is 13.5. The van der Waals surface area contributed by atoms with Crippen LogP contribution in [0.25, 0.3) is 0 Å². The van der Waals surface area contributed by atoms with E-state index in [1.807, 2.05) is 0 Å². The Morgan fingerprint density at radius 2 is 1.94 bits per heavy atom. The molecule has 0 radical (unpaired) electrons. The second kappa shape index (κ2) is 5.44. The van der Waals surface area contributed by atoms with Gasteiger partial charge >= 0.3 is 5.97 Å². The average molecular weight is 256 g/mol. The standard InChI is InChI=1S/C13H14F2O3/c1-8-6-10(12(15)7-11(8)14)13(16)18-9-2-4-17-5-3-9/h6-7,9H,2-5H2,1H3. The summed E-state index contributed by atoms with van der Waals surface area (Å²) in [6.45, 7) is 2.53. The second-order valence-electron chi connectivity index (χ2n) is 4.30. The Morgan fingerprint density at radius 1 is 1.28 bits per heavy atom. The molecule has 5 heteroatoms. The van der Waals surface area contributed by atoms with Gasteiger partial charge in [-0.3, -0.25) is 0 Å². The first kappa shape index (κ1) is 13.0. The van der Waals surface area contributed by atoms with Crippen LogP contribution in [0.1, 0.15) is 28.8 Å². The Hall–Kier alpha value is -1.49. The number of carbonyl (C=O) groups excluding carboxylic acids is 1. The summed E-state index contributed by atoms with van der Waals surface area (Å²) in [5.41, 5.74) is -0.00396. The monoisotopic (exact) mass is 256 g/mol. The predicted octanol–water partition coefficient (Wildman–Crippen LogP) is 2.61. The first-order valence-corrected chi connectivity index (χ1v) is 5.82. The first-order valence-electron chi connectivity index (χ1n) is 5.82. The molecule has 0 N–H and O–H groups in total. The number of aryl methyl sites for hydroxylation is 1. The third-order valence-corrected chi connectivity index (χ3v) is 2.91. The van der Waals surface area contributed by atoms with Crippen LogP contribution in [0.5, 0.6) is 0 Å². The van der Waals surface area contributed by atoms with Gasteiger partial charge in [0, 0.05) is 18.9 Å². The number of rotatable bonds is 2. The number of esters is 1. The third-order valence-electron chi connectivity index (χ3n) is 2.91. The maximum atomic E-state index is 13.5. The number of hydrogen-bond donors (Lipinski definition) is 0. The molecule has 0 amide bonds. The molecule has 0 aliphatic carbocycles. The summed E-state index contributed by atoms with van der Waals surface area (Å²) >= 11 is 0. The smallest absolute Gasteiger partial charge is 0.341 e. The summed E-state index contributed by atoms with van der Waals surface area (Å²) < 4.78 is 36.8. The summed E-state index contributed by atoms with van der Waals surface area (Å²) in [5, 5.41) is 0. The molecule has 2 rings (SSSR count). The van der Waals surface area contributed by atoms with Gasteiger partial charge in [-0.15, -0.1) is 0 Å². The van der Waals surface area contributed by atoms with E-state index in [0.717, 1.165) is 0 Å². The van der Waals surface area contributed by atoms with Gasteiger partial charge in [0.2, 0.25) is 0 Å². The van der Waals surface area contributed by atoms with Crippen molar-refractivity contribution < 1.29 is 23.0 Å². The van der Waals surface area contributed by atoms with Crippen LogP contribution >= 0.6 is 0 Å². The number of benzene rings is 1. The van der Waals surface area contributed by atoms with Crippen molar-refractivity contribution in [2.75, 3.05) is 13.2 Å². The Kier molecular flexibility index (Phi) is 3.91. The SMILES string of the molecule is Cc1cc(C(=O)OC2CCOCC2)c(F)cc1F. The van der Waals surface area contributed by atoms with E-state index in [9.17, 15) is 13.6 Å². The highest BCUT2D eigenvalue weighted by molar-refractivity contribution is 5.90. The van der Waals surface area contributed by atoms with Crippen LogP contribution in [-0.4, -0.2) is 25.3 Å². The summed E-state index contributed by atoms with van der Waals surface area (Å²) in [6.07, 6.45) is 0.956. The van der Waals surface area contributed by atoms with Crippen molar-refractivity contribution in [3.05, 3.63) is 34.9 Å². The number of halogens is 2. The van der Waals surface area contributed by atoms with E-state index in [0.29, 0.717) is 32.1 Å². The predicted molar refractivity (Wildman–Crippen MR) is 60.4 cm³/mol. The minimum absolute atomic E-state index is 0.218. The van der Waals surface area contributed by atoms with Gasteiger partial charge < -0.3 is 9.47 Å². The molecule has 0 atom stereocenters. The van der Waals surface area contributed by atoms with Gasteiger partial charge in [-0.25, -0.2) is 13.6 Å². The zero-order valence-electron chi connectivity index (χ0n) is 10.0. The van der Waals surface area contributed by atoms with Crippen molar-refractivity contribution in [3.8, 4) is 0 Å². The Bertz CT molecular complexity index is 454. The summed E-state index contributed by atoms with van der Waals surface area (Å²) in [5.74, 6) is -2.31. The van der Waals surface area contributed by atoms with Crippen molar-refractivity contribution >= 4 is 5.97 Å². The highest BCUT2D eigenvalue weighted by Gasteiger charge is 2.22. The third kappa shape index (κ3) is 2.85. The van der Waals surface area contributed by atoms with Gasteiger partial charge in [0.15, 0.2) is 0 Å². The largest absolute Gasteiger partial charge is 0.459 e. The Balaban J connectivity index is 2.10. The Labute approximate surface area is 104 Å². The van der Waals surface area contributed by atoms with Gasteiger partial charge in [0.25, 0.3) is 0 Å². The average Bonchev–Trinajstić information content (AvgIpc) is 2.35. The lowest BCUT2D eigenvalue weighted by atomic mass is 10.1. The molecule has 1 fully saturated rings. The van der Waals surface area contributed by atoms with Crippen LogP contribution in [0.15, 0.2) is 12.1 Å². The maximum Gasteiger partial charge on any atom is 0.341 e. The number of hydrogen-bond acceptors (Lipinski definition) is 3. The zero-order chi connectivity index (χ0) is 13.1. The molecule has 1 aliphatic rings. The fraction of sp³-hybridized carbons (Fsp3) is 0.462. The Morgan fingerprint density at radius 3 is 2.61 bits per heavy atom. The van der Waals surface area contributed by atoms with E-state index >= 15 is 0 Å². The van der Waals surface area contributed by atoms with Crippen LogP contribution in [0.2, 0.25) is 0 Å². The van der Waals surface area contributed by atoms with Gasteiger partial charge in [-0.1, -0.05) is 0 Å². The molecule has 1 aromatic carbocycles. The molecule has 0 aromatic heterocycles. The molecule has 98 valence electrons. The van der Waals surface area contributed by atoms with E-state index in [-0.39, 0.29) is 17.2 Å². The molecular formula is C13H14F2O3. The van der Waals surface area contributed by atoms with Gasteiger partial charge in [0.05, 0.1) is 18.8 Å². The molecule has 0 bridgehead atoms. The molecule has 0 saturated carbocycles. The van der Waals surface area contributed by atoms with Gasteiger partial charge in [-0.05, 0) is 18.6 Å². The zero-order valence-corrected chi connectivity index (χ0v) is 10.0. The molecule has 1 heterocycles. The minimum Gasteiger partial charge on any atom is -0.459 e. The second-order valence-corrected chi connectivity index (χ2v) is 4.30. The van der Waals surface area contributed by atoms with Crippen molar-refractivity contribution in [2.45, 2.75) is 25.9 Å². The van der Waals surface area contributed by atoms with Gasteiger partial charge in [-0.2, -0.15) is 0 Å². The fourth-order valence-electron chi connectivity index (χ4n) is 1.82. The summed E-state index contributed by atoms with van der Waals surface area (Å²) in [7, 11) is 0. The van der Waals surface area contributed by atoms with E-state index in [4.69, 9.17) is 9.47 Å². The topological polar surface area (TPSA) is 35.5 Å². The number of ether oxygens (including phenoxy) is 2. The molecule has 0 spiro atoms. The summed E-state index contributed by atoms with van der Waals surface area (Å²) in [6, 6.07) is 1.88. The molecule has 3 nitrogen and oxygen atoms in total. The lowest BCUT2D eigenvalue weighted by molar-refractivity contribution is -0.0162. The molecule has 1 aromatic rings. The van der Waals surface area contributed by atoms with Crippen molar-refractivity contribution in [1.29, 1.82) is 0 Å². The minimum atomic E-state index is -0.893. The summed E-state index contributed by atoms with van der Waals surface area (Å²) in [4.78, 5) is 11.8. The van der Waals surface area contributed by atoms with E-state index < -0.39 is 17.6 Å². The van der Waals surface area contributed by atoms with Gasteiger partial charge in [0.1, 0.15) is 17.7 Å². The van der Waals surface area contributed by atoms with Crippen LogP contribution in [0.3, 0.4) is 0 Å². The lowest BCUT2D eigenvalue weighted by Crippen LogP contribution is -2.26. The lowest BCUT2D eigenvalue weighted by Gasteiger charge is -2.22. The van der Waals surface area contributed by atoms with Crippen molar-refractivity contribution in [1.82, 2.24) is 0 Å². The van der Waals surface area contributed by atoms with Crippen molar-refractivity contribution in [3.63, 3.8) is 0 Å². The van der Waals surface area contributed by atoms with Crippen LogP contribution < -0.4 is 0 Å².